The standard InChI is InChI=1S/C11H24O3/c1-4-7-8-10(5-2)9-14-11(12,13)6-3/h10,12-13H,4-9H2,1-3H3. The molecule has 86 valence electrons. The molecule has 0 aromatic carbocycles. The molecule has 3 nitrogen and oxygen atoms in total. The molecule has 0 saturated carbocycles. The van der Waals surface area contributed by atoms with Crippen LogP contribution in [0.4, 0.5) is 0 Å². The van der Waals surface area contributed by atoms with Crippen molar-refractivity contribution in [2.24, 2.45) is 5.92 Å². The van der Waals surface area contributed by atoms with Crippen LogP contribution in [0.1, 0.15) is 52.9 Å². The second-order valence-corrected chi connectivity index (χ2v) is 3.82. The van der Waals surface area contributed by atoms with Gasteiger partial charge in [0.2, 0.25) is 0 Å². The second-order valence-electron chi connectivity index (χ2n) is 3.82. The number of rotatable bonds is 8. The van der Waals surface area contributed by atoms with Crippen molar-refractivity contribution in [3.63, 3.8) is 0 Å². The minimum Gasteiger partial charge on any atom is -0.343 e. The molecule has 0 bridgehead atoms. The van der Waals surface area contributed by atoms with Crippen molar-refractivity contribution in [1.29, 1.82) is 0 Å². The fourth-order valence-corrected chi connectivity index (χ4v) is 1.25. The van der Waals surface area contributed by atoms with E-state index in [0.717, 1.165) is 12.8 Å². The van der Waals surface area contributed by atoms with Crippen LogP contribution in [0.25, 0.3) is 0 Å². The average Bonchev–Trinajstić information content (AvgIpc) is 2.18. The summed E-state index contributed by atoms with van der Waals surface area (Å²) in [6.07, 6.45) is 4.69. The zero-order chi connectivity index (χ0) is 11.0. The van der Waals surface area contributed by atoms with E-state index in [1.54, 1.807) is 6.92 Å². The van der Waals surface area contributed by atoms with Crippen molar-refractivity contribution in [1.82, 2.24) is 0 Å². The summed E-state index contributed by atoms with van der Waals surface area (Å²) in [5, 5.41) is 18.5. The maximum absolute atomic E-state index is 9.23. The first-order valence-electron chi connectivity index (χ1n) is 5.64. The highest BCUT2D eigenvalue weighted by atomic mass is 16.8. The van der Waals surface area contributed by atoms with E-state index >= 15 is 0 Å². The van der Waals surface area contributed by atoms with Gasteiger partial charge in [-0.3, -0.25) is 0 Å². The first-order valence-corrected chi connectivity index (χ1v) is 5.64. The molecule has 0 aromatic rings. The summed E-state index contributed by atoms with van der Waals surface area (Å²) in [6.45, 7) is 6.39. The van der Waals surface area contributed by atoms with E-state index in [0.29, 0.717) is 12.5 Å². The van der Waals surface area contributed by atoms with Gasteiger partial charge in [-0.15, -0.1) is 0 Å². The highest BCUT2D eigenvalue weighted by Crippen LogP contribution is 2.16. The van der Waals surface area contributed by atoms with Crippen LogP contribution in [0.5, 0.6) is 0 Å². The summed E-state index contributed by atoms with van der Waals surface area (Å²) in [7, 11) is 0. The summed E-state index contributed by atoms with van der Waals surface area (Å²) in [4.78, 5) is 0. The molecule has 0 aliphatic rings. The fourth-order valence-electron chi connectivity index (χ4n) is 1.25. The lowest BCUT2D eigenvalue weighted by atomic mass is 10.0. The van der Waals surface area contributed by atoms with Gasteiger partial charge in [0.15, 0.2) is 0 Å². The third kappa shape index (κ3) is 6.35. The van der Waals surface area contributed by atoms with Crippen LogP contribution in [-0.2, 0) is 4.74 Å². The maximum atomic E-state index is 9.23. The third-order valence-electron chi connectivity index (χ3n) is 2.55. The van der Waals surface area contributed by atoms with Crippen molar-refractivity contribution in [3.05, 3.63) is 0 Å². The Morgan fingerprint density at radius 1 is 1.21 bits per heavy atom. The van der Waals surface area contributed by atoms with Crippen LogP contribution < -0.4 is 0 Å². The van der Waals surface area contributed by atoms with Gasteiger partial charge in [0.05, 0.1) is 6.61 Å². The summed E-state index contributed by atoms with van der Waals surface area (Å²) in [5.74, 6) is -1.49. The molecule has 1 atom stereocenters. The monoisotopic (exact) mass is 204 g/mol. The molecule has 3 heteroatoms. The molecule has 0 spiro atoms. The predicted molar refractivity (Wildman–Crippen MR) is 56.7 cm³/mol. The molecule has 2 N–H and O–H groups in total. The molecule has 0 radical (unpaired) electrons. The number of unbranched alkanes of at least 4 members (excludes halogenated alkanes) is 1. The Labute approximate surface area is 87.1 Å². The Balaban J connectivity index is 3.71. The van der Waals surface area contributed by atoms with Crippen LogP contribution in [-0.4, -0.2) is 22.8 Å². The van der Waals surface area contributed by atoms with Gasteiger partial charge in [-0.2, -0.15) is 0 Å². The molecule has 0 heterocycles. The molecule has 0 rings (SSSR count). The lowest BCUT2D eigenvalue weighted by Crippen LogP contribution is -2.32. The van der Waals surface area contributed by atoms with Crippen LogP contribution in [0, 0.1) is 5.92 Å². The molecule has 0 fully saturated rings. The van der Waals surface area contributed by atoms with E-state index in [9.17, 15) is 10.2 Å². The van der Waals surface area contributed by atoms with E-state index in [1.807, 2.05) is 0 Å². The zero-order valence-electron chi connectivity index (χ0n) is 9.62. The topological polar surface area (TPSA) is 49.7 Å². The Kier molecular flexibility index (Phi) is 7.15. The van der Waals surface area contributed by atoms with E-state index in [4.69, 9.17) is 4.74 Å². The van der Waals surface area contributed by atoms with Crippen LogP contribution in [0.3, 0.4) is 0 Å². The normalized spacial score (nSPS) is 14.4. The third-order valence-corrected chi connectivity index (χ3v) is 2.55. The van der Waals surface area contributed by atoms with E-state index in [2.05, 4.69) is 13.8 Å². The number of hydrogen-bond donors (Lipinski definition) is 2. The Bertz CT molecular complexity index is 134. The number of hydrogen-bond acceptors (Lipinski definition) is 3. The second kappa shape index (κ2) is 7.21. The van der Waals surface area contributed by atoms with E-state index in [1.165, 1.54) is 12.8 Å². The molecule has 0 aliphatic carbocycles. The molecular weight excluding hydrogens is 180 g/mol. The van der Waals surface area contributed by atoms with Gasteiger partial charge in [0.25, 0.3) is 5.97 Å². The maximum Gasteiger partial charge on any atom is 0.277 e. The highest BCUT2D eigenvalue weighted by molar-refractivity contribution is 4.57. The van der Waals surface area contributed by atoms with Crippen molar-refractivity contribution in [3.8, 4) is 0 Å². The molecular formula is C11H24O3. The van der Waals surface area contributed by atoms with Crippen molar-refractivity contribution < 1.29 is 14.9 Å². The minimum absolute atomic E-state index is 0.206. The van der Waals surface area contributed by atoms with Gasteiger partial charge in [-0.1, -0.05) is 40.0 Å². The molecule has 14 heavy (non-hydrogen) atoms. The van der Waals surface area contributed by atoms with Gasteiger partial charge >= 0.3 is 0 Å². The van der Waals surface area contributed by atoms with Crippen molar-refractivity contribution in [2.45, 2.75) is 58.8 Å². The molecule has 1 unspecified atom stereocenters. The quantitative estimate of drug-likeness (QED) is 0.596. The predicted octanol–water partition coefficient (Wildman–Crippen LogP) is 2.27. The smallest absolute Gasteiger partial charge is 0.277 e. The van der Waals surface area contributed by atoms with Gasteiger partial charge < -0.3 is 14.9 Å². The van der Waals surface area contributed by atoms with E-state index in [-0.39, 0.29) is 6.42 Å². The Morgan fingerprint density at radius 2 is 1.86 bits per heavy atom. The fraction of sp³-hybridized carbons (Fsp3) is 1.00. The van der Waals surface area contributed by atoms with E-state index < -0.39 is 5.97 Å². The van der Waals surface area contributed by atoms with Crippen LogP contribution >= 0.6 is 0 Å². The first kappa shape index (κ1) is 13.9. The van der Waals surface area contributed by atoms with Crippen LogP contribution in [0.15, 0.2) is 0 Å². The van der Waals surface area contributed by atoms with Gasteiger partial charge in [0.1, 0.15) is 0 Å². The summed E-state index contributed by atoms with van der Waals surface area (Å²) in [6, 6.07) is 0. The lowest BCUT2D eigenvalue weighted by Gasteiger charge is -2.23. The minimum atomic E-state index is -1.93. The average molecular weight is 204 g/mol. The van der Waals surface area contributed by atoms with Crippen molar-refractivity contribution in [2.75, 3.05) is 6.61 Å². The highest BCUT2D eigenvalue weighted by Gasteiger charge is 2.22. The summed E-state index contributed by atoms with van der Waals surface area (Å²) < 4.78 is 5.04. The van der Waals surface area contributed by atoms with Crippen LogP contribution in [0.2, 0.25) is 0 Å². The number of aliphatic hydroxyl groups is 2. The molecule has 0 aliphatic heterocycles. The zero-order valence-corrected chi connectivity index (χ0v) is 9.62. The van der Waals surface area contributed by atoms with Crippen molar-refractivity contribution >= 4 is 0 Å². The molecule has 0 saturated heterocycles. The summed E-state index contributed by atoms with van der Waals surface area (Å²) in [5.41, 5.74) is 0. The Morgan fingerprint density at radius 3 is 2.29 bits per heavy atom. The summed E-state index contributed by atoms with van der Waals surface area (Å²) >= 11 is 0. The first-order chi connectivity index (χ1) is 6.55. The lowest BCUT2D eigenvalue weighted by molar-refractivity contribution is -0.342. The van der Waals surface area contributed by atoms with Gasteiger partial charge in [-0.25, -0.2) is 0 Å². The largest absolute Gasteiger partial charge is 0.343 e. The Hall–Kier alpha value is -0.120. The van der Waals surface area contributed by atoms with Gasteiger partial charge in [-0.05, 0) is 12.3 Å². The molecule has 0 amide bonds. The molecule has 0 aromatic heterocycles. The number of ether oxygens (including phenoxy) is 1. The van der Waals surface area contributed by atoms with Gasteiger partial charge in [0, 0.05) is 6.42 Å². The SMILES string of the molecule is CCCCC(CC)COC(O)(O)CC.